The van der Waals surface area contributed by atoms with Crippen molar-refractivity contribution in [3.63, 3.8) is 0 Å². The zero-order chi connectivity index (χ0) is 14.2. The molecule has 0 radical (unpaired) electrons. The van der Waals surface area contributed by atoms with E-state index in [2.05, 4.69) is 25.7 Å². The summed E-state index contributed by atoms with van der Waals surface area (Å²) >= 11 is 3.18. The molecule has 2 heterocycles. The SMILES string of the molecule is COc1c(C(OC)C(F)(F)F)ccn2cnc(Br)c12. The van der Waals surface area contributed by atoms with E-state index in [0.29, 0.717) is 10.1 Å². The van der Waals surface area contributed by atoms with Gasteiger partial charge >= 0.3 is 6.18 Å². The molecule has 0 spiro atoms. The molecule has 8 heteroatoms. The summed E-state index contributed by atoms with van der Waals surface area (Å²) in [6, 6.07) is 1.31. The van der Waals surface area contributed by atoms with Crippen molar-refractivity contribution in [1.82, 2.24) is 9.38 Å². The first-order valence-corrected chi connectivity index (χ1v) is 5.98. The Morgan fingerprint density at radius 1 is 1.37 bits per heavy atom. The Morgan fingerprint density at radius 3 is 2.58 bits per heavy atom. The largest absolute Gasteiger partial charge is 0.494 e. The van der Waals surface area contributed by atoms with Gasteiger partial charge in [-0.2, -0.15) is 13.2 Å². The highest BCUT2D eigenvalue weighted by atomic mass is 79.9. The summed E-state index contributed by atoms with van der Waals surface area (Å²) in [5.74, 6) is 0.0797. The van der Waals surface area contributed by atoms with E-state index in [1.54, 1.807) is 4.40 Å². The van der Waals surface area contributed by atoms with Gasteiger partial charge in [0, 0.05) is 18.9 Å². The second kappa shape index (κ2) is 5.01. The van der Waals surface area contributed by atoms with Crippen molar-refractivity contribution in [1.29, 1.82) is 0 Å². The number of rotatable bonds is 3. The number of hydrogen-bond acceptors (Lipinski definition) is 3. The first-order valence-electron chi connectivity index (χ1n) is 5.18. The first kappa shape index (κ1) is 14.1. The number of imidazole rings is 1. The molecule has 0 aliphatic rings. The highest BCUT2D eigenvalue weighted by molar-refractivity contribution is 9.10. The Labute approximate surface area is 115 Å². The maximum atomic E-state index is 12.9. The number of methoxy groups -OCH3 is 2. The van der Waals surface area contributed by atoms with Crippen LogP contribution in [0, 0.1) is 0 Å². The highest BCUT2D eigenvalue weighted by Crippen LogP contribution is 2.42. The lowest BCUT2D eigenvalue weighted by Gasteiger charge is -2.21. The van der Waals surface area contributed by atoms with Gasteiger partial charge in [0.2, 0.25) is 0 Å². The molecule has 0 aromatic carbocycles. The molecule has 0 bridgehead atoms. The molecular weight excluding hydrogens is 329 g/mol. The number of hydrogen-bond donors (Lipinski definition) is 0. The molecule has 0 aliphatic carbocycles. The van der Waals surface area contributed by atoms with Crippen LogP contribution in [0.2, 0.25) is 0 Å². The summed E-state index contributed by atoms with van der Waals surface area (Å²) in [6.45, 7) is 0. The van der Waals surface area contributed by atoms with E-state index in [4.69, 9.17) is 4.74 Å². The summed E-state index contributed by atoms with van der Waals surface area (Å²) in [5, 5.41) is 0. The summed E-state index contributed by atoms with van der Waals surface area (Å²) in [5.41, 5.74) is 0.331. The predicted octanol–water partition coefficient (Wildman–Crippen LogP) is 3.36. The molecule has 0 amide bonds. The lowest BCUT2D eigenvalue weighted by atomic mass is 10.1. The average molecular weight is 339 g/mol. The van der Waals surface area contributed by atoms with Crippen molar-refractivity contribution in [2.75, 3.05) is 14.2 Å². The third kappa shape index (κ3) is 2.42. The predicted molar refractivity (Wildman–Crippen MR) is 65.2 cm³/mol. The molecule has 19 heavy (non-hydrogen) atoms. The van der Waals surface area contributed by atoms with E-state index >= 15 is 0 Å². The van der Waals surface area contributed by atoms with Gasteiger partial charge in [-0.3, -0.25) is 0 Å². The lowest BCUT2D eigenvalue weighted by Crippen LogP contribution is -2.23. The number of pyridine rings is 1. The fraction of sp³-hybridized carbons (Fsp3) is 0.364. The van der Waals surface area contributed by atoms with Gasteiger partial charge in [0.25, 0.3) is 0 Å². The number of ether oxygens (including phenoxy) is 2. The van der Waals surface area contributed by atoms with Gasteiger partial charge < -0.3 is 13.9 Å². The fourth-order valence-electron chi connectivity index (χ4n) is 1.89. The van der Waals surface area contributed by atoms with Crippen LogP contribution in [-0.2, 0) is 4.74 Å². The summed E-state index contributed by atoms with van der Waals surface area (Å²) in [7, 11) is 2.31. The van der Waals surface area contributed by atoms with Gasteiger partial charge in [0.15, 0.2) is 11.9 Å². The van der Waals surface area contributed by atoms with Gasteiger partial charge in [0.1, 0.15) is 16.4 Å². The van der Waals surface area contributed by atoms with E-state index < -0.39 is 12.3 Å². The van der Waals surface area contributed by atoms with E-state index in [1.165, 1.54) is 25.7 Å². The Kier molecular flexibility index (Phi) is 3.73. The van der Waals surface area contributed by atoms with Crippen LogP contribution in [0.15, 0.2) is 23.2 Å². The van der Waals surface area contributed by atoms with Gasteiger partial charge in [-0.05, 0) is 22.0 Å². The van der Waals surface area contributed by atoms with Crippen LogP contribution in [0.3, 0.4) is 0 Å². The van der Waals surface area contributed by atoms with Crippen molar-refractivity contribution < 1.29 is 22.6 Å². The molecule has 0 N–H and O–H groups in total. The number of fused-ring (bicyclic) bond motifs is 1. The third-order valence-corrected chi connectivity index (χ3v) is 3.24. The van der Waals surface area contributed by atoms with E-state index in [-0.39, 0.29) is 11.3 Å². The zero-order valence-electron chi connectivity index (χ0n) is 10.0. The monoisotopic (exact) mass is 338 g/mol. The minimum Gasteiger partial charge on any atom is -0.494 e. The van der Waals surface area contributed by atoms with Gasteiger partial charge in [-0.25, -0.2) is 4.98 Å². The third-order valence-electron chi connectivity index (χ3n) is 2.66. The van der Waals surface area contributed by atoms with Gasteiger partial charge in [-0.15, -0.1) is 0 Å². The second-order valence-corrected chi connectivity index (χ2v) is 4.50. The quantitative estimate of drug-likeness (QED) is 0.860. The van der Waals surface area contributed by atoms with Crippen LogP contribution in [0.25, 0.3) is 5.52 Å². The minimum atomic E-state index is -4.52. The van der Waals surface area contributed by atoms with Gasteiger partial charge in [0.05, 0.1) is 7.11 Å². The van der Waals surface area contributed by atoms with Crippen molar-refractivity contribution in [3.05, 3.63) is 28.8 Å². The van der Waals surface area contributed by atoms with Crippen LogP contribution in [0.4, 0.5) is 13.2 Å². The molecule has 2 rings (SSSR count). The Morgan fingerprint density at radius 2 is 2.05 bits per heavy atom. The summed E-state index contributed by atoms with van der Waals surface area (Å²) < 4.78 is 50.4. The van der Waals surface area contributed by atoms with Crippen molar-refractivity contribution >= 4 is 21.4 Å². The number of nitrogens with zero attached hydrogens (tertiary/aromatic N) is 2. The smallest absolute Gasteiger partial charge is 0.418 e. The lowest BCUT2D eigenvalue weighted by molar-refractivity contribution is -0.216. The number of aromatic nitrogens is 2. The van der Waals surface area contributed by atoms with E-state index in [9.17, 15) is 13.2 Å². The van der Waals surface area contributed by atoms with Crippen LogP contribution in [0.5, 0.6) is 5.75 Å². The normalized spacial score (nSPS) is 13.8. The van der Waals surface area contributed by atoms with E-state index in [0.717, 1.165) is 7.11 Å². The molecule has 0 aliphatic heterocycles. The molecule has 0 saturated carbocycles. The maximum Gasteiger partial charge on any atom is 0.418 e. The van der Waals surface area contributed by atoms with Crippen molar-refractivity contribution in [2.24, 2.45) is 0 Å². The molecule has 1 atom stereocenters. The molecule has 2 aromatic heterocycles. The molecule has 0 saturated heterocycles. The Balaban J connectivity index is 2.69. The number of halogens is 4. The van der Waals surface area contributed by atoms with Crippen LogP contribution < -0.4 is 4.74 Å². The topological polar surface area (TPSA) is 35.8 Å². The fourth-order valence-corrected chi connectivity index (χ4v) is 2.37. The number of alkyl halides is 3. The Hall–Kier alpha value is -1.28. The van der Waals surface area contributed by atoms with E-state index in [1.807, 2.05) is 0 Å². The minimum absolute atomic E-state index is 0.0797. The maximum absolute atomic E-state index is 12.9. The molecule has 1 unspecified atom stereocenters. The highest BCUT2D eigenvalue weighted by Gasteiger charge is 2.43. The average Bonchev–Trinajstić information content (AvgIpc) is 2.70. The van der Waals surface area contributed by atoms with Crippen LogP contribution in [-0.4, -0.2) is 29.8 Å². The zero-order valence-corrected chi connectivity index (χ0v) is 11.6. The van der Waals surface area contributed by atoms with Crippen LogP contribution in [0.1, 0.15) is 11.7 Å². The summed E-state index contributed by atoms with van der Waals surface area (Å²) in [6.07, 6.45) is -3.62. The summed E-state index contributed by atoms with van der Waals surface area (Å²) in [4.78, 5) is 3.97. The molecule has 4 nitrogen and oxygen atoms in total. The van der Waals surface area contributed by atoms with Crippen LogP contribution >= 0.6 is 15.9 Å². The van der Waals surface area contributed by atoms with Crippen molar-refractivity contribution in [3.8, 4) is 5.75 Å². The van der Waals surface area contributed by atoms with Crippen molar-refractivity contribution in [2.45, 2.75) is 12.3 Å². The standard InChI is InChI=1S/C11H10BrF3N2O2/c1-18-8-6(9(19-2)11(13,14)15)3-4-17-5-16-10(12)7(8)17/h3-5,9H,1-2H3. The Bertz CT molecular complexity index is 597. The molecule has 2 aromatic rings. The first-order chi connectivity index (χ1) is 8.90. The molecule has 0 fully saturated rings. The second-order valence-electron chi connectivity index (χ2n) is 3.75. The molecular formula is C11H10BrF3N2O2. The van der Waals surface area contributed by atoms with Gasteiger partial charge in [-0.1, -0.05) is 0 Å². The molecule has 104 valence electrons.